The summed E-state index contributed by atoms with van der Waals surface area (Å²) < 4.78 is 87.0. The lowest BCUT2D eigenvalue weighted by molar-refractivity contribution is -0.138. The molecule has 6 rings (SSSR count). The number of rotatable bonds is 17. The molecule has 0 saturated carbocycles. The molecule has 3 saturated heterocycles. The standard InChI is InChI=1S/C39H47BF3N7O8S2/c1-23(16-45-34(51)14-28(60(55,56)57)21-49-35(52)15-33(59-40)38(49)53)46-39(54)50(20-26-17-44-18-31(26)43)36(25-9-11-58-12-10-25)37-47-32(29-13-27(41)7-8-30(29)42)22-48(37)19-24-5-3-2-4-6-24/h2-8,13,22-23,25-26,28,31,33,36,44H,9-12,14-21H2,1H3,(H,45,51)(H,46,54)(H,55,56,57)/t23-,26-,28+,31-,33+,36+/m0/s1. The van der Waals surface area contributed by atoms with Crippen molar-refractivity contribution in [2.75, 3.05) is 45.9 Å². The van der Waals surface area contributed by atoms with E-state index in [1.165, 1.54) is 4.90 Å². The summed E-state index contributed by atoms with van der Waals surface area (Å²) in [6.07, 6.45) is 0.271. The second-order valence-electron chi connectivity index (χ2n) is 15.4. The molecule has 0 bridgehead atoms. The maximum Gasteiger partial charge on any atom is 0.318 e. The van der Waals surface area contributed by atoms with Crippen LogP contribution in [0, 0.1) is 23.5 Å². The Bertz CT molecular complexity index is 2130. The molecule has 2 aromatic carbocycles. The Labute approximate surface area is 351 Å². The van der Waals surface area contributed by atoms with Crippen molar-refractivity contribution in [3.05, 3.63) is 77.8 Å². The average Bonchev–Trinajstić information content (AvgIpc) is 3.90. The van der Waals surface area contributed by atoms with Crippen molar-refractivity contribution in [2.24, 2.45) is 11.8 Å². The van der Waals surface area contributed by atoms with Crippen molar-refractivity contribution in [1.82, 2.24) is 35.3 Å². The number of nitrogens with zero attached hydrogens (tertiary/aromatic N) is 4. The number of imidazole rings is 1. The minimum absolute atomic E-state index is 0.0591. The topological polar surface area (TPSA) is 192 Å². The molecule has 3 aliphatic heterocycles. The van der Waals surface area contributed by atoms with Crippen LogP contribution in [-0.4, -0.2) is 132 Å². The van der Waals surface area contributed by atoms with E-state index in [0.717, 1.165) is 23.8 Å². The third-order valence-electron chi connectivity index (χ3n) is 11.0. The molecule has 322 valence electrons. The fourth-order valence-corrected chi connectivity index (χ4v) is 8.98. The first-order chi connectivity index (χ1) is 28.6. The molecular formula is C39H47BF3N7O8S2. The van der Waals surface area contributed by atoms with Gasteiger partial charge in [0.15, 0.2) is 7.12 Å². The Morgan fingerprint density at radius 3 is 2.52 bits per heavy atom. The number of carbonyl (C=O) groups is 4. The van der Waals surface area contributed by atoms with Crippen molar-refractivity contribution in [3.8, 4) is 11.3 Å². The second-order valence-corrected chi connectivity index (χ2v) is 17.9. The molecule has 4 heterocycles. The van der Waals surface area contributed by atoms with Gasteiger partial charge < -0.3 is 30.2 Å². The normalized spacial score (nSPS) is 21.5. The highest BCUT2D eigenvalue weighted by Crippen LogP contribution is 2.38. The highest BCUT2D eigenvalue weighted by Gasteiger charge is 2.42. The number of carbonyl (C=O) groups excluding carboxylic acids is 4. The van der Waals surface area contributed by atoms with E-state index in [1.54, 1.807) is 17.7 Å². The summed E-state index contributed by atoms with van der Waals surface area (Å²) in [4.78, 5) is 59.7. The quantitative estimate of drug-likeness (QED) is 0.0886. The van der Waals surface area contributed by atoms with Crippen LogP contribution in [0.25, 0.3) is 11.3 Å². The zero-order valence-electron chi connectivity index (χ0n) is 32.8. The maximum atomic E-state index is 15.4. The smallest absolute Gasteiger partial charge is 0.318 e. The summed E-state index contributed by atoms with van der Waals surface area (Å²) in [7, 11) is 0.557. The van der Waals surface area contributed by atoms with Gasteiger partial charge in [0.25, 0.3) is 10.1 Å². The third-order valence-corrected chi connectivity index (χ3v) is 12.9. The van der Waals surface area contributed by atoms with Gasteiger partial charge in [-0.3, -0.25) is 23.8 Å². The van der Waals surface area contributed by atoms with Crippen LogP contribution in [-0.2, 0) is 35.8 Å². The number of amides is 5. The predicted octanol–water partition coefficient (Wildman–Crippen LogP) is 3.01. The summed E-state index contributed by atoms with van der Waals surface area (Å²) in [6.45, 7) is 1.93. The van der Waals surface area contributed by atoms with Crippen molar-refractivity contribution in [1.29, 1.82) is 0 Å². The van der Waals surface area contributed by atoms with E-state index in [9.17, 15) is 36.5 Å². The van der Waals surface area contributed by atoms with Crippen molar-refractivity contribution in [3.63, 3.8) is 0 Å². The van der Waals surface area contributed by atoms with Gasteiger partial charge in [0.2, 0.25) is 17.7 Å². The molecule has 4 N–H and O–H groups in total. The zero-order chi connectivity index (χ0) is 43.1. The van der Waals surface area contributed by atoms with Crippen LogP contribution in [0.15, 0.2) is 54.7 Å². The van der Waals surface area contributed by atoms with Crippen molar-refractivity contribution >= 4 is 52.6 Å². The van der Waals surface area contributed by atoms with E-state index in [2.05, 4.69) is 16.0 Å². The molecule has 3 aliphatic rings. The molecule has 2 radical (unpaired) electrons. The zero-order valence-corrected chi connectivity index (χ0v) is 34.5. The Kier molecular flexibility index (Phi) is 15.0. The number of nitrogens with one attached hydrogen (secondary N) is 3. The number of aromatic nitrogens is 2. The monoisotopic (exact) mass is 873 g/mol. The van der Waals surface area contributed by atoms with E-state index in [-0.39, 0.29) is 56.3 Å². The minimum atomic E-state index is -4.91. The molecule has 6 atom stereocenters. The highest BCUT2D eigenvalue weighted by molar-refractivity contribution is 8.20. The molecule has 0 unspecified atom stereocenters. The summed E-state index contributed by atoms with van der Waals surface area (Å²) in [5, 5.41) is 5.71. The van der Waals surface area contributed by atoms with Crippen LogP contribution in [0.2, 0.25) is 0 Å². The fraction of sp³-hybridized carbons (Fsp3) is 0.513. The van der Waals surface area contributed by atoms with Gasteiger partial charge in [-0.05, 0) is 49.4 Å². The van der Waals surface area contributed by atoms with Gasteiger partial charge in [-0.2, -0.15) is 8.42 Å². The number of hydrogen-bond donors (Lipinski definition) is 4. The molecule has 3 fully saturated rings. The summed E-state index contributed by atoms with van der Waals surface area (Å²) >= 11 is 0.634. The lowest BCUT2D eigenvalue weighted by Crippen LogP contribution is -2.53. The van der Waals surface area contributed by atoms with Gasteiger partial charge >= 0.3 is 6.03 Å². The van der Waals surface area contributed by atoms with Crippen LogP contribution < -0.4 is 16.0 Å². The molecule has 0 aliphatic carbocycles. The van der Waals surface area contributed by atoms with Gasteiger partial charge in [-0.15, -0.1) is 0 Å². The number of ether oxygens (including phenoxy) is 1. The number of urea groups is 1. The number of benzene rings is 2. The maximum absolute atomic E-state index is 15.4. The summed E-state index contributed by atoms with van der Waals surface area (Å²) in [5.41, 5.74) is 0.926. The van der Waals surface area contributed by atoms with E-state index in [4.69, 9.17) is 16.8 Å². The molecule has 0 spiro atoms. The minimum Gasteiger partial charge on any atom is -0.381 e. The molecule has 21 heteroatoms. The third kappa shape index (κ3) is 11.1. The van der Waals surface area contributed by atoms with E-state index >= 15 is 8.78 Å². The summed E-state index contributed by atoms with van der Waals surface area (Å²) in [6, 6.07) is 10.2. The van der Waals surface area contributed by atoms with Crippen molar-refractivity contribution in [2.45, 2.75) is 67.9 Å². The first-order valence-corrected chi connectivity index (χ1v) is 22.1. The predicted molar refractivity (Wildman–Crippen MR) is 217 cm³/mol. The number of halogens is 3. The van der Waals surface area contributed by atoms with Crippen LogP contribution in [0.1, 0.15) is 50.0 Å². The van der Waals surface area contributed by atoms with E-state index < -0.39 is 93.1 Å². The van der Waals surface area contributed by atoms with Gasteiger partial charge in [0.05, 0.1) is 17.0 Å². The van der Waals surface area contributed by atoms with Crippen molar-refractivity contribution < 1.29 is 50.1 Å². The molecule has 1 aromatic heterocycles. The fourth-order valence-electron chi connectivity index (χ4n) is 7.80. The number of alkyl halides is 1. The van der Waals surface area contributed by atoms with Crippen LogP contribution in [0.5, 0.6) is 0 Å². The summed E-state index contributed by atoms with van der Waals surface area (Å²) in [5.74, 6) is -4.14. The average molecular weight is 874 g/mol. The van der Waals surface area contributed by atoms with Crippen LogP contribution >= 0.6 is 11.6 Å². The van der Waals surface area contributed by atoms with E-state index in [0.29, 0.717) is 48.4 Å². The van der Waals surface area contributed by atoms with Gasteiger partial charge in [0, 0.05) is 89.0 Å². The Morgan fingerprint density at radius 1 is 1.13 bits per heavy atom. The molecule has 5 amide bonds. The lowest BCUT2D eigenvalue weighted by atomic mass is 9.89. The number of hydrogen-bond acceptors (Lipinski definition) is 10. The largest absolute Gasteiger partial charge is 0.381 e. The first-order valence-electron chi connectivity index (χ1n) is 19.6. The first kappa shape index (κ1) is 45.1. The highest BCUT2D eigenvalue weighted by atomic mass is 32.2. The lowest BCUT2D eigenvalue weighted by Gasteiger charge is -2.40. The Morgan fingerprint density at radius 2 is 1.87 bits per heavy atom. The number of likely N-dealkylation sites (tertiary alicyclic amines) is 1. The Hall–Kier alpha value is -4.44. The SMILES string of the molecule is [B]S[C@@H]1CC(=O)N(C[C@@H](CC(=O)NC[C@H](C)NC(=O)N(C[C@@H]2CNC[C@@H]2F)[C@@H](c2nc(-c3cc(F)ccc3F)cn2Cc2ccccc2)C2CCOCC2)S(=O)(=O)O)C1=O. The van der Waals surface area contributed by atoms with Crippen LogP contribution in [0.3, 0.4) is 0 Å². The Balaban J connectivity index is 1.27. The van der Waals surface area contributed by atoms with Gasteiger partial charge in [0.1, 0.15) is 28.9 Å². The van der Waals surface area contributed by atoms with Crippen LogP contribution in [0.4, 0.5) is 18.0 Å². The van der Waals surface area contributed by atoms with Gasteiger partial charge in [-0.1, -0.05) is 30.3 Å². The van der Waals surface area contributed by atoms with Gasteiger partial charge in [-0.25, -0.2) is 34.6 Å². The molecule has 15 nitrogen and oxygen atoms in total. The number of imide groups is 1. The van der Waals surface area contributed by atoms with E-state index in [1.807, 2.05) is 30.3 Å². The molecule has 3 aromatic rings. The molecular weight excluding hydrogens is 826 g/mol. The molecule has 60 heavy (non-hydrogen) atoms. The second kappa shape index (κ2) is 20.0.